The van der Waals surface area contributed by atoms with Crippen molar-refractivity contribution in [2.75, 3.05) is 5.32 Å². The zero-order valence-corrected chi connectivity index (χ0v) is 10.4. The summed E-state index contributed by atoms with van der Waals surface area (Å²) in [6, 6.07) is 2.46. The van der Waals surface area contributed by atoms with Gasteiger partial charge in [0.25, 0.3) is 0 Å². The predicted molar refractivity (Wildman–Crippen MR) is 67.7 cm³/mol. The summed E-state index contributed by atoms with van der Waals surface area (Å²) < 4.78 is 1.41. The summed E-state index contributed by atoms with van der Waals surface area (Å²) in [7, 11) is 1.63. The van der Waals surface area contributed by atoms with Gasteiger partial charge in [0.2, 0.25) is 11.5 Å². The van der Waals surface area contributed by atoms with Crippen molar-refractivity contribution in [3.8, 4) is 0 Å². The third-order valence-electron chi connectivity index (χ3n) is 2.42. The molecule has 0 radical (unpaired) electrons. The van der Waals surface area contributed by atoms with Gasteiger partial charge >= 0.3 is 0 Å². The maximum atomic E-state index is 11.7. The number of nitrogens with two attached hydrogens (primary N) is 1. The van der Waals surface area contributed by atoms with E-state index in [-0.39, 0.29) is 11.5 Å². The molecule has 1 amide bonds. The highest BCUT2D eigenvalue weighted by molar-refractivity contribution is 5.94. The van der Waals surface area contributed by atoms with Gasteiger partial charge in [0.15, 0.2) is 0 Å². The molecule has 0 aliphatic rings. The Balaban J connectivity index is 2.67. The number of amides is 1. The number of anilines is 1. The molecular formula is C12H19N3O2. The molecule has 5 heteroatoms. The van der Waals surface area contributed by atoms with Crippen LogP contribution in [0.1, 0.15) is 20.3 Å². The maximum Gasteiger partial charge on any atom is 0.250 e. The molecule has 0 fully saturated rings. The first-order valence-corrected chi connectivity index (χ1v) is 5.63. The van der Waals surface area contributed by atoms with Crippen LogP contribution in [-0.2, 0) is 11.8 Å². The summed E-state index contributed by atoms with van der Waals surface area (Å²) in [5.41, 5.74) is 6.22. The van der Waals surface area contributed by atoms with E-state index < -0.39 is 6.04 Å². The predicted octanol–water partition coefficient (Wildman–Crippen LogP) is 0.697. The van der Waals surface area contributed by atoms with Crippen molar-refractivity contribution >= 4 is 11.6 Å². The van der Waals surface area contributed by atoms with Crippen molar-refractivity contribution in [3.05, 3.63) is 28.7 Å². The van der Waals surface area contributed by atoms with E-state index in [1.54, 1.807) is 19.3 Å². The van der Waals surface area contributed by atoms with E-state index in [9.17, 15) is 9.59 Å². The van der Waals surface area contributed by atoms with Gasteiger partial charge in [-0.15, -0.1) is 0 Å². The molecule has 0 aliphatic carbocycles. The minimum absolute atomic E-state index is 0.116. The van der Waals surface area contributed by atoms with Gasteiger partial charge in [-0.1, -0.05) is 13.8 Å². The van der Waals surface area contributed by atoms with Gasteiger partial charge in [-0.3, -0.25) is 9.59 Å². The van der Waals surface area contributed by atoms with Gasteiger partial charge in [-0.25, -0.2) is 0 Å². The number of carbonyl (C=O) groups excluding carboxylic acids is 1. The Kier molecular flexibility index (Phi) is 4.45. The van der Waals surface area contributed by atoms with Gasteiger partial charge in [0.1, 0.15) is 0 Å². The quantitative estimate of drug-likeness (QED) is 0.809. The van der Waals surface area contributed by atoms with E-state index in [0.717, 1.165) is 0 Å². The Morgan fingerprint density at radius 3 is 2.65 bits per heavy atom. The van der Waals surface area contributed by atoms with Crippen LogP contribution in [-0.4, -0.2) is 16.5 Å². The molecule has 0 bridgehead atoms. The summed E-state index contributed by atoms with van der Waals surface area (Å²) in [6.07, 6.45) is 2.21. The minimum atomic E-state index is -0.521. The molecule has 0 aromatic carbocycles. The lowest BCUT2D eigenvalue weighted by Gasteiger charge is -2.14. The van der Waals surface area contributed by atoms with Crippen LogP contribution in [0.25, 0.3) is 0 Å². The smallest absolute Gasteiger partial charge is 0.250 e. The number of pyridine rings is 1. The molecule has 0 spiro atoms. The number of rotatable bonds is 4. The van der Waals surface area contributed by atoms with Crippen LogP contribution < -0.4 is 16.6 Å². The standard InChI is InChI=1S/C12H19N3O2/c1-8(2)6-10(13)12(17)14-9-4-5-11(16)15(3)7-9/h4-5,7-8,10H,6,13H2,1-3H3,(H,14,17). The highest BCUT2D eigenvalue weighted by Gasteiger charge is 2.15. The van der Waals surface area contributed by atoms with E-state index in [1.807, 2.05) is 13.8 Å². The van der Waals surface area contributed by atoms with Crippen molar-refractivity contribution in [3.63, 3.8) is 0 Å². The van der Waals surface area contributed by atoms with Crippen molar-refractivity contribution in [1.29, 1.82) is 0 Å². The second kappa shape index (κ2) is 5.63. The normalized spacial score (nSPS) is 12.5. The van der Waals surface area contributed by atoms with Crippen LogP contribution in [0.4, 0.5) is 5.69 Å². The van der Waals surface area contributed by atoms with Gasteiger partial charge in [-0.05, 0) is 18.4 Å². The van der Waals surface area contributed by atoms with E-state index >= 15 is 0 Å². The summed E-state index contributed by atoms with van der Waals surface area (Å²) >= 11 is 0. The largest absolute Gasteiger partial charge is 0.323 e. The van der Waals surface area contributed by atoms with Crippen molar-refractivity contribution in [2.24, 2.45) is 18.7 Å². The molecule has 3 N–H and O–H groups in total. The number of hydrogen-bond acceptors (Lipinski definition) is 3. The highest BCUT2D eigenvalue weighted by atomic mass is 16.2. The van der Waals surface area contributed by atoms with Crippen LogP contribution >= 0.6 is 0 Å². The monoisotopic (exact) mass is 237 g/mol. The Morgan fingerprint density at radius 1 is 1.47 bits per heavy atom. The first-order chi connectivity index (χ1) is 7.90. The second-order valence-electron chi connectivity index (χ2n) is 4.59. The zero-order valence-electron chi connectivity index (χ0n) is 10.4. The Bertz CT molecular complexity index is 451. The van der Waals surface area contributed by atoms with Gasteiger partial charge in [-0.2, -0.15) is 0 Å². The Hall–Kier alpha value is -1.62. The van der Waals surface area contributed by atoms with Crippen LogP contribution in [0.3, 0.4) is 0 Å². The number of nitrogens with zero attached hydrogens (tertiary/aromatic N) is 1. The Labute approximate surface area is 101 Å². The molecule has 1 rings (SSSR count). The molecule has 1 atom stereocenters. The van der Waals surface area contributed by atoms with E-state index in [1.165, 1.54) is 10.6 Å². The number of carbonyl (C=O) groups is 1. The summed E-state index contributed by atoms with van der Waals surface area (Å²) in [4.78, 5) is 22.9. The fourth-order valence-corrected chi connectivity index (χ4v) is 1.52. The zero-order chi connectivity index (χ0) is 13.0. The van der Waals surface area contributed by atoms with Gasteiger partial charge < -0.3 is 15.6 Å². The van der Waals surface area contributed by atoms with Crippen LogP contribution in [0.15, 0.2) is 23.1 Å². The topological polar surface area (TPSA) is 77.1 Å². The molecule has 5 nitrogen and oxygen atoms in total. The molecule has 0 saturated carbocycles. The third-order valence-corrected chi connectivity index (χ3v) is 2.42. The van der Waals surface area contributed by atoms with Gasteiger partial charge in [0, 0.05) is 19.3 Å². The lowest BCUT2D eigenvalue weighted by molar-refractivity contribution is -0.117. The van der Waals surface area contributed by atoms with Crippen LogP contribution in [0.5, 0.6) is 0 Å². The number of hydrogen-bond donors (Lipinski definition) is 2. The third kappa shape index (κ3) is 4.03. The average Bonchev–Trinajstić information content (AvgIpc) is 2.22. The molecule has 0 aliphatic heterocycles. The lowest BCUT2D eigenvalue weighted by atomic mass is 10.0. The second-order valence-corrected chi connectivity index (χ2v) is 4.59. The Morgan fingerprint density at radius 2 is 2.12 bits per heavy atom. The molecule has 1 aromatic rings. The summed E-state index contributed by atoms with van der Waals surface area (Å²) in [6.45, 7) is 4.03. The highest BCUT2D eigenvalue weighted by Crippen LogP contribution is 2.07. The van der Waals surface area contributed by atoms with Crippen molar-refractivity contribution < 1.29 is 4.79 Å². The van der Waals surface area contributed by atoms with Crippen LogP contribution in [0, 0.1) is 5.92 Å². The molecule has 1 heterocycles. The number of nitrogens with one attached hydrogen (secondary N) is 1. The average molecular weight is 237 g/mol. The minimum Gasteiger partial charge on any atom is -0.323 e. The summed E-state index contributed by atoms with van der Waals surface area (Å²) in [5.74, 6) is 0.147. The molecule has 94 valence electrons. The molecule has 1 aromatic heterocycles. The van der Waals surface area contributed by atoms with E-state index in [2.05, 4.69) is 5.32 Å². The van der Waals surface area contributed by atoms with E-state index in [4.69, 9.17) is 5.73 Å². The van der Waals surface area contributed by atoms with Crippen molar-refractivity contribution in [1.82, 2.24) is 4.57 Å². The number of aryl methyl sites for hydroxylation is 1. The fraction of sp³-hybridized carbons (Fsp3) is 0.500. The molecule has 0 saturated heterocycles. The van der Waals surface area contributed by atoms with E-state index in [0.29, 0.717) is 18.0 Å². The SMILES string of the molecule is CC(C)CC(N)C(=O)Nc1ccc(=O)n(C)c1. The maximum absolute atomic E-state index is 11.7. The fourth-order valence-electron chi connectivity index (χ4n) is 1.52. The van der Waals surface area contributed by atoms with Gasteiger partial charge in [0.05, 0.1) is 11.7 Å². The molecule has 1 unspecified atom stereocenters. The molecular weight excluding hydrogens is 218 g/mol. The first-order valence-electron chi connectivity index (χ1n) is 5.63. The lowest BCUT2D eigenvalue weighted by Crippen LogP contribution is -2.36. The molecule has 17 heavy (non-hydrogen) atoms. The first kappa shape index (κ1) is 13.4. The van der Waals surface area contributed by atoms with Crippen molar-refractivity contribution in [2.45, 2.75) is 26.3 Å². The summed E-state index contributed by atoms with van der Waals surface area (Å²) in [5, 5.41) is 2.69. The van der Waals surface area contributed by atoms with Crippen LogP contribution in [0.2, 0.25) is 0 Å². The number of aromatic nitrogens is 1.